The lowest BCUT2D eigenvalue weighted by atomic mass is 10.1. The lowest BCUT2D eigenvalue weighted by molar-refractivity contribution is -0.385. The Labute approximate surface area is 136 Å². The molecule has 0 N–H and O–H groups in total. The highest BCUT2D eigenvalue weighted by Crippen LogP contribution is 2.24. The first-order chi connectivity index (χ1) is 10.7. The highest BCUT2D eigenvalue weighted by Gasteiger charge is 2.10. The number of hydrogen-bond acceptors (Lipinski definition) is 2. The van der Waals surface area contributed by atoms with E-state index in [4.69, 9.17) is 0 Å². The molecule has 0 spiro atoms. The fourth-order valence-electron chi connectivity index (χ4n) is 1.54. The Kier molecular flexibility index (Phi) is 19.6. The standard InChI is InChI=1S/C11H9NO2.4C2H6/c1-8-6-9-4-2-3-5-10(9)7-11(8)12(13)14;4*1-2/h2-7H,1H3;4*1-2H3. The monoisotopic (exact) mass is 307 g/mol. The molecule has 126 valence electrons. The van der Waals surface area contributed by atoms with Gasteiger partial charge in [-0.3, -0.25) is 10.1 Å². The maximum atomic E-state index is 10.7. The molecule has 2 rings (SSSR count). The summed E-state index contributed by atoms with van der Waals surface area (Å²) in [6.07, 6.45) is 0. The molecule has 0 aromatic heterocycles. The molecule has 22 heavy (non-hydrogen) atoms. The second-order valence-electron chi connectivity index (χ2n) is 3.24. The number of nitro benzene ring substituents is 1. The van der Waals surface area contributed by atoms with Crippen molar-refractivity contribution in [2.45, 2.75) is 62.3 Å². The molecule has 0 aliphatic heterocycles. The minimum atomic E-state index is -0.345. The summed E-state index contributed by atoms with van der Waals surface area (Å²) in [7, 11) is 0. The van der Waals surface area contributed by atoms with Crippen molar-refractivity contribution in [1.82, 2.24) is 0 Å². The molecule has 0 aliphatic rings. The predicted octanol–water partition coefficient (Wildman–Crippen LogP) is 7.16. The van der Waals surface area contributed by atoms with Gasteiger partial charge in [0.1, 0.15) is 0 Å². The summed E-state index contributed by atoms with van der Waals surface area (Å²) in [5.74, 6) is 0. The number of aryl methyl sites for hydroxylation is 1. The predicted molar refractivity (Wildman–Crippen MR) is 101 cm³/mol. The third kappa shape index (κ3) is 8.40. The molecule has 0 aliphatic carbocycles. The zero-order chi connectivity index (χ0) is 18.1. The zero-order valence-corrected chi connectivity index (χ0v) is 15.7. The first-order valence-electron chi connectivity index (χ1n) is 8.32. The van der Waals surface area contributed by atoms with Gasteiger partial charge in [-0.2, -0.15) is 0 Å². The van der Waals surface area contributed by atoms with E-state index in [2.05, 4.69) is 0 Å². The van der Waals surface area contributed by atoms with Gasteiger partial charge in [0, 0.05) is 11.6 Å². The molecule has 0 fully saturated rings. The van der Waals surface area contributed by atoms with Crippen LogP contribution in [-0.2, 0) is 0 Å². The maximum Gasteiger partial charge on any atom is 0.272 e. The molecule has 0 bridgehead atoms. The number of fused-ring (bicyclic) bond motifs is 1. The normalized spacial score (nSPS) is 7.68. The quantitative estimate of drug-likeness (QED) is 0.414. The van der Waals surface area contributed by atoms with Crippen molar-refractivity contribution in [2.75, 3.05) is 0 Å². The summed E-state index contributed by atoms with van der Waals surface area (Å²) in [6, 6.07) is 11.1. The summed E-state index contributed by atoms with van der Waals surface area (Å²) in [5, 5.41) is 12.6. The van der Waals surface area contributed by atoms with Gasteiger partial charge >= 0.3 is 0 Å². The number of hydrogen-bond donors (Lipinski definition) is 0. The summed E-state index contributed by atoms with van der Waals surface area (Å²) in [4.78, 5) is 10.3. The first kappa shape index (κ1) is 25.1. The van der Waals surface area contributed by atoms with Crippen molar-refractivity contribution in [2.24, 2.45) is 0 Å². The van der Waals surface area contributed by atoms with Gasteiger partial charge in [0.15, 0.2) is 0 Å². The molecule has 0 unspecified atom stereocenters. The zero-order valence-electron chi connectivity index (χ0n) is 15.7. The Bertz CT molecular complexity index is 508. The van der Waals surface area contributed by atoms with Crippen LogP contribution in [0.2, 0.25) is 0 Å². The summed E-state index contributed by atoms with van der Waals surface area (Å²) >= 11 is 0. The van der Waals surface area contributed by atoms with Gasteiger partial charge in [-0.05, 0) is 23.8 Å². The van der Waals surface area contributed by atoms with E-state index in [0.29, 0.717) is 5.56 Å². The van der Waals surface area contributed by atoms with Gasteiger partial charge in [0.05, 0.1) is 4.92 Å². The highest BCUT2D eigenvalue weighted by molar-refractivity contribution is 5.85. The molecule has 3 heteroatoms. The minimum Gasteiger partial charge on any atom is -0.258 e. The SMILES string of the molecule is CC.CC.CC.CC.Cc1cc2ccccc2cc1[N+](=O)[O-]. The van der Waals surface area contributed by atoms with Crippen molar-refractivity contribution in [3.8, 4) is 0 Å². The molecule has 0 radical (unpaired) electrons. The largest absolute Gasteiger partial charge is 0.272 e. The fraction of sp³-hybridized carbons (Fsp3) is 0.474. The first-order valence-corrected chi connectivity index (χ1v) is 8.32. The third-order valence-electron chi connectivity index (χ3n) is 2.26. The Morgan fingerprint density at radius 1 is 0.773 bits per heavy atom. The van der Waals surface area contributed by atoms with Crippen LogP contribution in [0.3, 0.4) is 0 Å². The lowest BCUT2D eigenvalue weighted by Gasteiger charge is -2.00. The molecule has 0 amide bonds. The van der Waals surface area contributed by atoms with E-state index in [1.807, 2.05) is 85.7 Å². The van der Waals surface area contributed by atoms with Crippen LogP contribution in [0.15, 0.2) is 36.4 Å². The van der Waals surface area contributed by atoms with Crippen molar-refractivity contribution in [1.29, 1.82) is 0 Å². The van der Waals surface area contributed by atoms with Gasteiger partial charge in [-0.25, -0.2) is 0 Å². The van der Waals surface area contributed by atoms with E-state index in [-0.39, 0.29) is 10.6 Å². The van der Waals surface area contributed by atoms with Crippen LogP contribution in [0.1, 0.15) is 61.0 Å². The summed E-state index contributed by atoms with van der Waals surface area (Å²) < 4.78 is 0. The van der Waals surface area contributed by atoms with Crippen LogP contribution in [0, 0.1) is 17.0 Å². The van der Waals surface area contributed by atoms with Crippen LogP contribution in [-0.4, -0.2) is 4.92 Å². The number of rotatable bonds is 1. The second kappa shape index (κ2) is 17.2. The smallest absolute Gasteiger partial charge is 0.258 e. The number of benzene rings is 2. The Balaban J connectivity index is -0.000000394. The van der Waals surface area contributed by atoms with E-state index >= 15 is 0 Å². The van der Waals surface area contributed by atoms with Crippen molar-refractivity contribution >= 4 is 16.5 Å². The van der Waals surface area contributed by atoms with Gasteiger partial charge < -0.3 is 0 Å². The third-order valence-corrected chi connectivity index (χ3v) is 2.26. The molecule has 0 saturated carbocycles. The van der Waals surface area contributed by atoms with Crippen LogP contribution >= 0.6 is 0 Å². The fourth-order valence-corrected chi connectivity index (χ4v) is 1.54. The Morgan fingerprint density at radius 3 is 1.50 bits per heavy atom. The Morgan fingerprint density at radius 2 is 1.14 bits per heavy atom. The summed E-state index contributed by atoms with van der Waals surface area (Å²) in [5.41, 5.74) is 0.886. The number of nitrogens with zero attached hydrogens (tertiary/aromatic N) is 1. The van der Waals surface area contributed by atoms with Crippen LogP contribution in [0.5, 0.6) is 0 Å². The van der Waals surface area contributed by atoms with Crippen molar-refractivity contribution < 1.29 is 4.92 Å². The summed E-state index contributed by atoms with van der Waals surface area (Å²) in [6.45, 7) is 17.8. The van der Waals surface area contributed by atoms with E-state index in [1.54, 1.807) is 13.0 Å². The molecule has 2 aromatic carbocycles. The van der Waals surface area contributed by atoms with Crippen LogP contribution < -0.4 is 0 Å². The highest BCUT2D eigenvalue weighted by atomic mass is 16.6. The molecule has 0 saturated heterocycles. The topological polar surface area (TPSA) is 43.1 Å². The molecule has 0 atom stereocenters. The minimum absolute atomic E-state index is 0.184. The van der Waals surface area contributed by atoms with Crippen LogP contribution in [0.25, 0.3) is 10.8 Å². The maximum absolute atomic E-state index is 10.7. The van der Waals surface area contributed by atoms with E-state index in [1.165, 1.54) is 0 Å². The molecule has 3 nitrogen and oxygen atoms in total. The van der Waals surface area contributed by atoms with E-state index in [0.717, 1.165) is 10.8 Å². The van der Waals surface area contributed by atoms with Gasteiger partial charge in [-0.15, -0.1) is 0 Å². The molecular weight excluding hydrogens is 274 g/mol. The van der Waals surface area contributed by atoms with Gasteiger partial charge in [0.25, 0.3) is 5.69 Å². The Hall–Kier alpha value is -1.90. The van der Waals surface area contributed by atoms with Crippen molar-refractivity contribution in [3.05, 3.63) is 52.1 Å². The van der Waals surface area contributed by atoms with Gasteiger partial charge in [0.2, 0.25) is 0 Å². The lowest BCUT2D eigenvalue weighted by Crippen LogP contribution is -1.91. The average molecular weight is 307 g/mol. The van der Waals surface area contributed by atoms with E-state index < -0.39 is 0 Å². The average Bonchev–Trinajstić information content (AvgIpc) is 2.61. The second-order valence-corrected chi connectivity index (χ2v) is 3.24. The van der Waals surface area contributed by atoms with Crippen LogP contribution in [0.4, 0.5) is 5.69 Å². The van der Waals surface area contributed by atoms with E-state index in [9.17, 15) is 10.1 Å². The molecule has 2 aromatic rings. The van der Waals surface area contributed by atoms with Crippen molar-refractivity contribution in [3.63, 3.8) is 0 Å². The van der Waals surface area contributed by atoms with Gasteiger partial charge in [-0.1, -0.05) is 79.7 Å². The molecule has 0 heterocycles. The molecular formula is C19H33NO2. The number of nitro groups is 1.